The molecule has 0 saturated heterocycles. The van der Waals surface area contributed by atoms with Crippen LogP contribution in [0.2, 0.25) is 0 Å². The molecule has 0 spiro atoms. The van der Waals surface area contributed by atoms with Crippen molar-refractivity contribution in [1.29, 1.82) is 0 Å². The van der Waals surface area contributed by atoms with Gasteiger partial charge in [0.05, 0.1) is 6.54 Å². The number of fused-ring (bicyclic) bond motifs is 1. The predicted molar refractivity (Wildman–Crippen MR) is 87.7 cm³/mol. The lowest BCUT2D eigenvalue weighted by Crippen LogP contribution is -2.24. The van der Waals surface area contributed by atoms with Crippen LogP contribution >= 0.6 is 15.9 Å². The highest BCUT2D eigenvalue weighted by molar-refractivity contribution is 9.10. The van der Waals surface area contributed by atoms with Crippen LogP contribution in [-0.4, -0.2) is 28.8 Å². The molecule has 0 unspecified atom stereocenters. The van der Waals surface area contributed by atoms with Gasteiger partial charge in [0.1, 0.15) is 5.78 Å². The van der Waals surface area contributed by atoms with Gasteiger partial charge in [-0.25, -0.2) is 0 Å². The van der Waals surface area contributed by atoms with Crippen molar-refractivity contribution in [1.82, 2.24) is 9.47 Å². The number of halogens is 1. The molecule has 3 nitrogen and oxygen atoms in total. The normalized spacial score (nSPS) is 11.2. The number of carbonyl (C=O) groups is 1. The van der Waals surface area contributed by atoms with E-state index in [1.54, 1.807) is 6.92 Å². The van der Waals surface area contributed by atoms with Gasteiger partial charge in [0.15, 0.2) is 0 Å². The Kier molecular flexibility index (Phi) is 4.45. The number of carbonyl (C=O) groups excluding carboxylic acids is 1. The molecule has 20 heavy (non-hydrogen) atoms. The zero-order chi connectivity index (χ0) is 14.9. The number of aromatic nitrogens is 1. The van der Waals surface area contributed by atoms with Crippen molar-refractivity contribution in [2.45, 2.75) is 13.5 Å². The fourth-order valence-corrected chi connectivity index (χ4v) is 3.01. The second-order valence-corrected chi connectivity index (χ2v) is 6.08. The Hall–Kier alpha value is -1.39. The van der Waals surface area contributed by atoms with Crippen molar-refractivity contribution < 1.29 is 4.79 Å². The first-order chi connectivity index (χ1) is 9.43. The van der Waals surface area contributed by atoms with Crippen LogP contribution in [0.4, 0.5) is 0 Å². The minimum atomic E-state index is 0.175. The Morgan fingerprint density at radius 3 is 2.80 bits per heavy atom. The molecule has 4 heteroatoms. The van der Waals surface area contributed by atoms with Crippen molar-refractivity contribution in [2.75, 3.05) is 13.6 Å². The van der Waals surface area contributed by atoms with Gasteiger partial charge in [-0.3, -0.25) is 9.69 Å². The SMILES string of the molecule is C=Cc1c(CN(C)CC(C)=O)c2cc(Br)ccc2n1C. The Balaban J connectivity index is 2.52. The minimum absolute atomic E-state index is 0.175. The number of aryl methyl sites for hydroxylation is 1. The number of rotatable bonds is 5. The fraction of sp³-hybridized carbons (Fsp3) is 0.312. The zero-order valence-electron chi connectivity index (χ0n) is 12.1. The maximum Gasteiger partial charge on any atom is 0.143 e. The highest BCUT2D eigenvalue weighted by Gasteiger charge is 2.15. The first-order valence-electron chi connectivity index (χ1n) is 6.51. The van der Waals surface area contributed by atoms with Crippen LogP contribution < -0.4 is 0 Å². The summed E-state index contributed by atoms with van der Waals surface area (Å²) in [6.07, 6.45) is 1.88. The van der Waals surface area contributed by atoms with E-state index in [9.17, 15) is 4.79 Å². The molecule has 1 aromatic carbocycles. The molecular formula is C16H19BrN2O. The smallest absolute Gasteiger partial charge is 0.143 e. The van der Waals surface area contributed by atoms with Crippen LogP contribution in [0.5, 0.6) is 0 Å². The topological polar surface area (TPSA) is 25.2 Å². The van der Waals surface area contributed by atoms with Crippen molar-refractivity contribution in [2.24, 2.45) is 7.05 Å². The van der Waals surface area contributed by atoms with Crippen molar-refractivity contribution in [3.05, 3.63) is 40.5 Å². The lowest BCUT2D eigenvalue weighted by Gasteiger charge is -2.15. The molecule has 2 aromatic rings. The third-order valence-electron chi connectivity index (χ3n) is 3.43. The van der Waals surface area contributed by atoms with E-state index < -0.39 is 0 Å². The van der Waals surface area contributed by atoms with Crippen molar-refractivity contribution in [3.63, 3.8) is 0 Å². The highest BCUT2D eigenvalue weighted by Crippen LogP contribution is 2.29. The van der Waals surface area contributed by atoms with E-state index in [4.69, 9.17) is 0 Å². The van der Waals surface area contributed by atoms with Crippen LogP contribution in [0.25, 0.3) is 17.0 Å². The van der Waals surface area contributed by atoms with Gasteiger partial charge in [-0.2, -0.15) is 0 Å². The lowest BCUT2D eigenvalue weighted by atomic mass is 10.1. The van der Waals surface area contributed by atoms with Crippen LogP contribution in [0.1, 0.15) is 18.2 Å². The standard InChI is InChI=1S/C16H19BrN2O/c1-5-15-14(10-18(3)9-11(2)20)13-8-12(17)6-7-16(13)19(15)4/h5-8H,1,9-10H2,2-4H3. The summed E-state index contributed by atoms with van der Waals surface area (Å²) in [5.74, 6) is 0.175. The number of hydrogen-bond donors (Lipinski definition) is 0. The van der Waals surface area contributed by atoms with Crippen LogP contribution in [-0.2, 0) is 18.4 Å². The number of hydrogen-bond acceptors (Lipinski definition) is 2. The van der Waals surface area contributed by atoms with E-state index >= 15 is 0 Å². The molecular weight excluding hydrogens is 316 g/mol. The predicted octanol–water partition coefficient (Wildman–Crippen LogP) is 3.60. The van der Waals surface area contributed by atoms with Gasteiger partial charge in [0.25, 0.3) is 0 Å². The monoisotopic (exact) mass is 334 g/mol. The van der Waals surface area contributed by atoms with E-state index in [0.29, 0.717) is 6.54 Å². The summed E-state index contributed by atoms with van der Waals surface area (Å²) in [6.45, 7) is 6.73. The molecule has 0 aliphatic heterocycles. The zero-order valence-corrected chi connectivity index (χ0v) is 13.7. The second-order valence-electron chi connectivity index (χ2n) is 5.16. The third-order valence-corrected chi connectivity index (χ3v) is 3.92. The molecule has 0 N–H and O–H groups in total. The largest absolute Gasteiger partial charge is 0.344 e. The summed E-state index contributed by atoms with van der Waals surface area (Å²) in [6, 6.07) is 6.26. The summed E-state index contributed by atoms with van der Waals surface area (Å²) >= 11 is 3.53. The molecule has 106 valence electrons. The average Bonchev–Trinajstić information content (AvgIpc) is 2.61. The Morgan fingerprint density at radius 2 is 2.20 bits per heavy atom. The van der Waals surface area contributed by atoms with Crippen LogP contribution in [0, 0.1) is 0 Å². The quantitative estimate of drug-likeness (QED) is 0.834. The maximum absolute atomic E-state index is 11.2. The van der Waals surface area contributed by atoms with Gasteiger partial charge < -0.3 is 4.57 Å². The summed E-state index contributed by atoms with van der Waals surface area (Å²) in [5.41, 5.74) is 3.49. The summed E-state index contributed by atoms with van der Waals surface area (Å²) in [7, 11) is 4.01. The minimum Gasteiger partial charge on any atom is -0.344 e. The molecule has 0 amide bonds. The van der Waals surface area contributed by atoms with Crippen molar-refractivity contribution >= 4 is 38.7 Å². The third kappa shape index (κ3) is 2.86. The highest BCUT2D eigenvalue weighted by atomic mass is 79.9. The summed E-state index contributed by atoms with van der Waals surface area (Å²) < 4.78 is 3.20. The van der Waals surface area contributed by atoms with Gasteiger partial charge >= 0.3 is 0 Å². The first-order valence-corrected chi connectivity index (χ1v) is 7.30. The second kappa shape index (κ2) is 5.94. The molecule has 1 aromatic heterocycles. The average molecular weight is 335 g/mol. The number of Topliss-reactive ketones (excluding diaryl/α,β-unsaturated/α-hetero) is 1. The van der Waals surface area contributed by atoms with E-state index in [0.717, 1.165) is 16.7 Å². The maximum atomic E-state index is 11.2. The molecule has 1 heterocycles. The number of likely N-dealkylation sites (N-methyl/N-ethyl adjacent to an activating group) is 1. The Bertz CT molecular complexity index is 673. The Morgan fingerprint density at radius 1 is 1.50 bits per heavy atom. The number of benzene rings is 1. The van der Waals surface area contributed by atoms with E-state index in [1.807, 2.05) is 31.1 Å². The number of ketones is 1. The van der Waals surface area contributed by atoms with E-state index in [2.05, 4.69) is 39.2 Å². The molecule has 0 fully saturated rings. The van der Waals surface area contributed by atoms with Gasteiger partial charge in [0.2, 0.25) is 0 Å². The van der Waals surface area contributed by atoms with Crippen molar-refractivity contribution in [3.8, 4) is 0 Å². The van der Waals surface area contributed by atoms with E-state index in [1.165, 1.54) is 16.5 Å². The lowest BCUT2D eigenvalue weighted by molar-refractivity contribution is -0.117. The molecule has 0 aliphatic carbocycles. The molecule has 0 bridgehead atoms. The van der Waals surface area contributed by atoms with Gasteiger partial charge in [-0.15, -0.1) is 0 Å². The number of nitrogens with zero attached hydrogens (tertiary/aromatic N) is 2. The Labute approximate surface area is 128 Å². The molecule has 0 radical (unpaired) electrons. The van der Waals surface area contributed by atoms with Gasteiger partial charge in [-0.1, -0.05) is 22.5 Å². The first kappa shape index (κ1) is 15.0. The summed E-state index contributed by atoms with van der Waals surface area (Å²) in [4.78, 5) is 13.3. The van der Waals surface area contributed by atoms with Crippen LogP contribution in [0.3, 0.4) is 0 Å². The molecule has 0 atom stereocenters. The molecule has 0 saturated carbocycles. The van der Waals surface area contributed by atoms with Gasteiger partial charge in [-0.05, 0) is 43.8 Å². The summed E-state index contributed by atoms with van der Waals surface area (Å²) in [5, 5.41) is 1.20. The van der Waals surface area contributed by atoms with Crippen LogP contribution in [0.15, 0.2) is 29.3 Å². The molecule has 2 rings (SSSR count). The fourth-order valence-electron chi connectivity index (χ4n) is 2.64. The van der Waals surface area contributed by atoms with E-state index in [-0.39, 0.29) is 5.78 Å². The van der Waals surface area contributed by atoms with Gasteiger partial charge in [0, 0.05) is 34.7 Å². The molecule has 0 aliphatic rings.